The number of hydrogen-bond donors (Lipinski definition) is 0. The number of halogens is 6. The van der Waals surface area contributed by atoms with Crippen LogP contribution in [0.3, 0.4) is 0 Å². The Morgan fingerprint density at radius 1 is 0.769 bits per heavy atom. The van der Waals surface area contributed by atoms with E-state index in [-0.39, 0.29) is 0 Å². The van der Waals surface area contributed by atoms with Crippen LogP contribution in [0.2, 0.25) is 18.8 Å². The molecule has 0 unspecified atom stereocenters. The minimum atomic E-state index is -5.15. The number of rotatable bonds is 1. The fourth-order valence-electron chi connectivity index (χ4n) is 1.17. The van der Waals surface area contributed by atoms with Crippen molar-refractivity contribution in [1.82, 2.24) is 0 Å². The Labute approximate surface area is 76.2 Å². The molecule has 0 saturated carbocycles. The summed E-state index contributed by atoms with van der Waals surface area (Å²) in [5.74, 6) is 0. The van der Waals surface area contributed by atoms with Crippen molar-refractivity contribution < 1.29 is 26.3 Å². The van der Waals surface area contributed by atoms with Crippen molar-refractivity contribution in [3.8, 4) is 0 Å². The van der Waals surface area contributed by atoms with E-state index in [4.69, 9.17) is 0 Å². The molecule has 0 rings (SSSR count). The van der Waals surface area contributed by atoms with Gasteiger partial charge in [0, 0.05) is 0 Å². The van der Waals surface area contributed by atoms with Crippen molar-refractivity contribution in [2.45, 2.75) is 31.1 Å². The van der Waals surface area contributed by atoms with Gasteiger partial charge in [-0.15, -0.1) is 0 Å². The molecule has 0 heterocycles. The molecule has 0 nitrogen and oxygen atoms in total. The topological polar surface area (TPSA) is 0 Å². The first kappa shape index (κ1) is 13.4. The van der Waals surface area contributed by atoms with Crippen molar-refractivity contribution in [3.05, 3.63) is 0 Å². The van der Waals surface area contributed by atoms with Crippen LogP contribution in [-0.4, -0.2) is 30.7 Å². The van der Waals surface area contributed by atoms with Crippen molar-refractivity contribution in [2.24, 2.45) is 0 Å². The maximum atomic E-state index is 12.0. The zero-order valence-electron chi connectivity index (χ0n) is 7.35. The fourth-order valence-corrected chi connectivity index (χ4v) is 6.77. The van der Waals surface area contributed by atoms with E-state index in [0.717, 1.165) is 14.8 Å². The molecule has 0 aromatic heterocycles. The Morgan fingerprint density at radius 3 is 1.00 bits per heavy atom. The summed E-state index contributed by atoms with van der Waals surface area (Å²) in [6, 6.07) is 0. The van der Waals surface area contributed by atoms with Gasteiger partial charge in [0.05, 0.1) is 0 Å². The average Bonchev–Trinajstić information content (AvgIpc) is 1.44. The van der Waals surface area contributed by atoms with Gasteiger partial charge in [-0.3, -0.25) is 0 Å². The van der Waals surface area contributed by atoms with E-state index in [1.54, 1.807) is 0 Å². The SMILES string of the molecule is [CH3][Sn]([CH3])([CH3])[CH](C(F)(F)F)C(F)(F)F. The van der Waals surface area contributed by atoms with Gasteiger partial charge in [0.15, 0.2) is 0 Å². The summed E-state index contributed by atoms with van der Waals surface area (Å²) in [5.41, 5.74) is 0. The van der Waals surface area contributed by atoms with Crippen LogP contribution in [0.15, 0.2) is 0 Å². The third-order valence-electron chi connectivity index (χ3n) is 1.52. The predicted molar refractivity (Wildman–Crippen MR) is 39.2 cm³/mol. The average molecular weight is 315 g/mol. The zero-order chi connectivity index (χ0) is 11.1. The molecule has 0 atom stereocenters. The molecule has 0 aliphatic rings. The monoisotopic (exact) mass is 316 g/mol. The van der Waals surface area contributed by atoms with Gasteiger partial charge in [0.25, 0.3) is 0 Å². The Balaban J connectivity index is 5.02. The molecule has 0 N–H and O–H groups in total. The first-order valence-corrected chi connectivity index (χ1v) is 13.7. The van der Waals surface area contributed by atoms with E-state index in [1.165, 1.54) is 0 Å². The molecule has 0 saturated heterocycles. The fraction of sp³-hybridized carbons (Fsp3) is 1.00. The van der Waals surface area contributed by atoms with Crippen LogP contribution in [0.25, 0.3) is 0 Å². The molecule has 0 spiro atoms. The number of alkyl halides is 6. The Bertz CT molecular complexity index is 140. The van der Waals surface area contributed by atoms with Gasteiger partial charge in [-0.25, -0.2) is 0 Å². The van der Waals surface area contributed by atoms with Crippen LogP contribution in [0.1, 0.15) is 0 Å². The molecule has 80 valence electrons. The second-order valence-corrected chi connectivity index (χ2v) is 19.0. The van der Waals surface area contributed by atoms with E-state index >= 15 is 0 Å². The van der Waals surface area contributed by atoms with Gasteiger partial charge >= 0.3 is 75.8 Å². The van der Waals surface area contributed by atoms with Crippen molar-refractivity contribution in [1.29, 1.82) is 0 Å². The third-order valence-corrected chi connectivity index (χ3v) is 8.33. The summed E-state index contributed by atoms with van der Waals surface area (Å²) in [6.45, 7) is 0. The van der Waals surface area contributed by atoms with Gasteiger partial charge < -0.3 is 0 Å². The van der Waals surface area contributed by atoms with Gasteiger partial charge in [0.2, 0.25) is 0 Å². The molecule has 0 aliphatic carbocycles. The first-order valence-electron chi connectivity index (χ1n) is 3.50. The van der Waals surface area contributed by atoms with Gasteiger partial charge in [-0.2, -0.15) is 0 Å². The van der Waals surface area contributed by atoms with Crippen LogP contribution in [-0.2, 0) is 0 Å². The van der Waals surface area contributed by atoms with Crippen LogP contribution in [0.5, 0.6) is 0 Å². The van der Waals surface area contributed by atoms with Crippen LogP contribution < -0.4 is 0 Å². The van der Waals surface area contributed by atoms with E-state index in [2.05, 4.69) is 0 Å². The molecule has 0 fully saturated rings. The molecule has 0 aromatic rings. The standard InChI is InChI=1S/C3HF6.3CH3.Sn/c4-2(5,6)1-3(7,8)9;;;;/h1H;3*1H3;. The zero-order valence-corrected chi connectivity index (χ0v) is 10.2. The van der Waals surface area contributed by atoms with E-state index in [9.17, 15) is 26.3 Å². The summed E-state index contributed by atoms with van der Waals surface area (Å²) >= 11 is -4.05. The summed E-state index contributed by atoms with van der Waals surface area (Å²) in [5, 5.41) is 0. The summed E-state index contributed by atoms with van der Waals surface area (Å²) < 4.78 is 69.2. The molecule has 0 amide bonds. The Kier molecular flexibility index (Phi) is 3.61. The van der Waals surface area contributed by atoms with E-state index < -0.39 is 34.7 Å². The molecule has 13 heavy (non-hydrogen) atoms. The molecule has 0 bridgehead atoms. The second-order valence-electron chi connectivity index (χ2n) is 3.88. The Hall–Kier alpha value is 0.379. The van der Waals surface area contributed by atoms with Crippen molar-refractivity contribution in [3.63, 3.8) is 0 Å². The van der Waals surface area contributed by atoms with E-state index in [1.807, 2.05) is 0 Å². The molecule has 0 aromatic carbocycles. The second kappa shape index (κ2) is 3.51. The third kappa shape index (κ3) is 3.95. The minimum absolute atomic E-state index is 1.13. The molecular weight excluding hydrogens is 305 g/mol. The van der Waals surface area contributed by atoms with Crippen molar-refractivity contribution >= 4 is 18.4 Å². The molecule has 0 aliphatic heterocycles. The number of hydrogen-bond acceptors (Lipinski definition) is 0. The van der Waals surface area contributed by atoms with Crippen LogP contribution in [0.4, 0.5) is 26.3 Å². The summed E-state index contributed by atoms with van der Waals surface area (Å²) in [4.78, 5) is 3.38. The first-order chi connectivity index (χ1) is 5.37. The quantitative estimate of drug-likeness (QED) is 0.510. The summed E-state index contributed by atoms with van der Waals surface area (Å²) in [6.07, 6.45) is -10.3. The normalized spacial score (nSPS) is 15.2. The van der Waals surface area contributed by atoms with Crippen LogP contribution >= 0.6 is 0 Å². The van der Waals surface area contributed by atoms with Gasteiger partial charge in [-0.1, -0.05) is 0 Å². The Morgan fingerprint density at radius 2 is 1.00 bits per heavy atom. The van der Waals surface area contributed by atoms with Gasteiger partial charge in [-0.05, 0) is 0 Å². The van der Waals surface area contributed by atoms with Gasteiger partial charge in [0.1, 0.15) is 0 Å². The van der Waals surface area contributed by atoms with E-state index in [0.29, 0.717) is 0 Å². The maximum absolute atomic E-state index is 12.0. The molecular formula is C6H10F6Sn. The molecule has 0 radical (unpaired) electrons. The summed E-state index contributed by atoms with van der Waals surface area (Å²) in [7, 11) is 0. The predicted octanol–water partition coefficient (Wildman–Crippen LogP) is 3.82. The van der Waals surface area contributed by atoms with Crippen molar-refractivity contribution in [2.75, 3.05) is 0 Å². The molecule has 7 heteroatoms. The van der Waals surface area contributed by atoms with Crippen LogP contribution in [0, 0.1) is 0 Å².